The average molecular weight is 514 g/mol. The monoisotopic (exact) mass is 513 g/mol. The van der Waals surface area contributed by atoms with Gasteiger partial charge in [0.25, 0.3) is 0 Å². The Morgan fingerprint density at radius 3 is 1.61 bits per heavy atom. The van der Waals surface area contributed by atoms with Gasteiger partial charge in [0.05, 0.1) is 23.9 Å². The van der Waals surface area contributed by atoms with Gasteiger partial charge in [-0.05, 0) is 16.7 Å². The molecule has 36 heavy (non-hydrogen) atoms. The smallest absolute Gasteiger partial charge is 0.302 e. The zero-order valence-corrected chi connectivity index (χ0v) is 20.6. The normalized spacial score (nSPS) is 27.6. The molecule has 0 amide bonds. The van der Waals surface area contributed by atoms with Crippen molar-refractivity contribution in [1.29, 1.82) is 0 Å². The molecule has 1 aliphatic heterocycles. The molecule has 1 saturated heterocycles. The molecule has 1 aliphatic rings. The minimum Gasteiger partial charge on any atom is -0.463 e. The first-order valence-electron chi connectivity index (χ1n) is 13.4. The number of carbonyl (C=O) groups is 1. The molecule has 0 bridgehead atoms. The fourth-order valence-corrected chi connectivity index (χ4v) is 4.06. The van der Waals surface area contributed by atoms with Gasteiger partial charge in [0, 0.05) is 6.92 Å². The molecule has 0 aromatic heterocycles. The Hall–Kier alpha value is -2.74. The highest BCUT2D eigenvalue weighted by molar-refractivity contribution is 6.20. The van der Waals surface area contributed by atoms with E-state index in [2.05, 4.69) is 0 Å². The Balaban J connectivity index is 1.67. The summed E-state index contributed by atoms with van der Waals surface area (Å²) in [6.07, 6.45) is -4.08. The lowest BCUT2D eigenvalue weighted by molar-refractivity contribution is -0.255. The van der Waals surface area contributed by atoms with Crippen molar-refractivity contribution in [3.05, 3.63) is 108 Å². The van der Waals surface area contributed by atoms with Crippen LogP contribution in [0.15, 0.2) is 91.0 Å². The van der Waals surface area contributed by atoms with Gasteiger partial charge in [-0.15, -0.1) is 0 Å². The van der Waals surface area contributed by atoms with Gasteiger partial charge in [0.2, 0.25) is 0 Å². The summed E-state index contributed by atoms with van der Waals surface area (Å²) in [7, 11) is 0. The van der Waals surface area contributed by atoms with Gasteiger partial charge in [-0.1, -0.05) is 103 Å². The number of rotatable bonds is 11. The van der Waals surface area contributed by atoms with E-state index in [4.69, 9.17) is 39.4 Å². The molecule has 0 aliphatic carbocycles. The Labute approximate surface area is 221 Å². The number of hydrogen-bond donors (Lipinski definition) is 0. The predicted octanol–water partition coefficient (Wildman–Crippen LogP) is 5.27. The lowest BCUT2D eigenvalue weighted by Gasteiger charge is -2.44. The highest BCUT2D eigenvalue weighted by Crippen LogP contribution is 2.32. The molecule has 0 radical (unpaired) electrons. The summed E-state index contributed by atoms with van der Waals surface area (Å²) in [4.78, 5) is 11.6. The van der Waals surface area contributed by atoms with Crippen molar-refractivity contribution in [2.45, 2.75) is 56.7 Å². The molecule has 7 heteroatoms. The molecule has 4 rings (SSSR count). The Kier molecular flexibility index (Phi) is 8.44. The van der Waals surface area contributed by atoms with E-state index < -0.39 is 55.7 Å². The molecule has 4 unspecified atom stereocenters. The van der Waals surface area contributed by atoms with Crippen LogP contribution in [0.25, 0.3) is 0 Å². The summed E-state index contributed by atoms with van der Waals surface area (Å²) in [5, 5.41) is 0. The van der Waals surface area contributed by atoms with Crippen molar-refractivity contribution in [2.24, 2.45) is 0 Å². The molecule has 190 valence electrons. The number of alkyl halides is 1. The number of halogens is 1. The van der Waals surface area contributed by atoms with E-state index in [0.29, 0.717) is 16.7 Å². The predicted molar refractivity (Wildman–Crippen MR) is 136 cm³/mol. The van der Waals surface area contributed by atoms with Gasteiger partial charge in [-0.2, -0.15) is 0 Å². The maximum absolute atomic E-state index is 11.6. The number of carbonyl (C=O) groups excluding carboxylic acids is 1. The third kappa shape index (κ3) is 7.63. The van der Waals surface area contributed by atoms with Gasteiger partial charge in [0.1, 0.15) is 31.0 Å². The highest BCUT2D eigenvalue weighted by Gasteiger charge is 2.48. The fourth-order valence-electron chi connectivity index (χ4n) is 3.73. The lowest BCUT2D eigenvalue weighted by Crippen LogP contribution is -2.59. The Bertz CT molecular complexity index is 1160. The van der Waals surface area contributed by atoms with Crippen LogP contribution in [0.5, 0.6) is 0 Å². The Morgan fingerprint density at radius 2 is 1.17 bits per heavy atom. The second-order valence-electron chi connectivity index (χ2n) is 8.22. The van der Waals surface area contributed by atoms with Crippen LogP contribution in [0.3, 0.4) is 0 Å². The molecule has 0 spiro atoms. The first kappa shape index (κ1) is 22.5. The zero-order valence-electron chi connectivity index (χ0n) is 22.8. The molecule has 3 aromatic rings. The maximum atomic E-state index is 11.6. The SMILES string of the molecule is [2H]C(O[C@H]1[C@H](OC([2H])c2ccccc2)[C@@H](COC(C)=O)OC(Cl)[C@H]1OC([2H])c1ccccc1)c1ccccc1. The number of benzene rings is 3. The molecule has 1 fully saturated rings. The highest BCUT2D eigenvalue weighted by atomic mass is 35.5. The van der Waals surface area contributed by atoms with Crippen molar-refractivity contribution >= 4 is 17.6 Å². The van der Waals surface area contributed by atoms with Gasteiger partial charge >= 0.3 is 5.97 Å². The first-order valence-corrected chi connectivity index (χ1v) is 12.1. The van der Waals surface area contributed by atoms with Crippen molar-refractivity contribution in [2.75, 3.05) is 6.61 Å². The molecular formula is C29H31ClO6. The van der Waals surface area contributed by atoms with Crippen molar-refractivity contribution in [3.63, 3.8) is 0 Å². The second kappa shape index (κ2) is 13.5. The maximum Gasteiger partial charge on any atom is 0.302 e. The van der Waals surface area contributed by atoms with Gasteiger partial charge in [-0.3, -0.25) is 4.79 Å². The van der Waals surface area contributed by atoms with Crippen LogP contribution in [-0.2, 0) is 48.2 Å². The third-order valence-electron chi connectivity index (χ3n) is 5.51. The van der Waals surface area contributed by atoms with E-state index in [1.54, 1.807) is 72.8 Å². The summed E-state index contributed by atoms with van der Waals surface area (Å²) in [5.41, 5.74) is 0.629. The van der Waals surface area contributed by atoms with Crippen molar-refractivity contribution < 1.29 is 32.6 Å². The van der Waals surface area contributed by atoms with E-state index >= 15 is 0 Å². The molecule has 8 atom stereocenters. The molecule has 3 aromatic carbocycles. The van der Waals surface area contributed by atoms with E-state index in [9.17, 15) is 4.79 Å². The standard InChI is InChI=1S/C29H31ClO6/c1-21(31)32-20-25-26(33-17-22-11-5-2-6-12-22)27(34-18-23-13-7-3-8-14-23)28(29(30)36-25)35-19-24-15-9-4-10-16-24/h2-16,25-29H,17-20H2,1H3/t25-,26-,27+,28+,29?/m1/s1/i17D,18D,19D/t17?,18?,19?,25-,26-,27+,28+,29?. The minimum atomic E-state index is -1.16. The van der Waals surface area contributed by atoms with E-state index in [-0.39, 0.29) is 6.61 Å². The quantitative estimate of drug-likeness (QED) is 0.257. The molecule has 0 saturated carbocycles. The molecule has 0 N–H and O–H groups in total. The van der Waals surface area contributed by atoms with Crippen LogP contribution in [0.1, 0.15) is 27.7 Å². The number of hydrogen-bond acceptors (Lipinski definition) is 6. The second-order valence-corrected chi connectivity index (χ2v) is 8.65. The van der Waals surface area contributed by atoms with Crippen molar-refractivity contribution in [1.82, 2.24) is 0 Å². The largest absolute Gasteiger partial charge is 0.463 e. The van der Waals surface area contributed by atoms with E-state index in [1.807, 2.05) is 18.2 Å². The zero-order chi connectivity index (χ0) is 27.8. The van der Waals surface area contributed by atoms with Crippen LogP contribution in [0.4, 0.5) is 0 Å². The number of esters is 1. The van der Waals surface area contributed by atoms with E-state index in [0.717, 1.165) is 0 Å². The summed E-state index contributed by atoms with van der Waals surface area (Å²) in [6.45, 7) is -2.39. The topological polar surface area (TPSA) is 63.2 Å². The molecular weight excluding hydrogens is 480 g/mol. The third-order valence-corrected chi connectivity index (χ3v) is 5.86. The lowest BCUT2D eigenvalue weighted by atomic mass is 9.99. The molecule has 6 nitrogen and oxygen atoms in total. The summed E-state index contributed by atoms with van der Waals surface area (Å²) in [6, 6.07) is 26.8. The fraction of sp³-hybridized carbons (Fsp3) is 0.345. The van der Waals surface area contributed by atoms with Crippen LogP contribution >= 0.6 is 11.6 Å². The van der Waals surface area contributed by atoms with Crippen LogP contribution < -0.4 is 0 Å². The summed E-state index contributed by atoms with van der Waals surface area (Å²) in [5.74, 6) is -0.525. The summed E-state index contributed by atoms with van der Waals surface area (Å²) < 4.78 is 55.7. The van der Waals surface area contributed by atoms with Crippen molar-refractivity contribution in [3.8, 4) is 0 Å². The van der Waals surface area contributed by atoms with Gasteiger partial charge in [-0.25, -0.2) is 0 Å². The first-order chi connectivity index (χ1) is 18.8. The van der Waals surface area contributed by atoms with Crippen LogP contribution in [0.2, 0.25) is 0 Å². The van der Waals surface area contributed by atoms with Crippen LogP contribution in [-0.4, -0.2) is 42.6 Å². The molecule has 1 heterocycles. The summed E-state index contributed by atoms with van der Waals surface area (Å²) >= 11 is 6.65. The average Bonchev–Trinajstić information content (AvgIpc) is 2.96. The van der Waals surface area contributed by atoms with Gasteiger partial charge in [0.15, 0.2) is 5.56 Å². The number of ether oxygens (including phenoxy) is 5. The minimum absolute atomic E-state index is 0.214. The van der Waals surface area contributed by atoms with Crippen LogP contribution in [0, 0.1) is 0 Å². The Morgan fingerprint density at radius 1 is 0.750 bits per heavy atom. The van der Waals surface area contributed by atoms with Gasteiger partial charge < -0.3 is 23.7 Å². The van der Waals surface area contributed by atoms with E-state index in [1.165, 1.54) is 6.92 Å².